The zero-order valence-electron chi connectivity index (χ0n) is 15.6. The topological polar surface area (TPSA) is 52.6 Å². The molecule has 26 heavy (non-hydrogen) atoms. The number of halogens is 3. The zero-order chi connectivity index (χ0) is 19.4. The summed E-state index contributed by atoms with van der Waals surface area (Å²) in [5, 5.41) is 0. The molecule has 0 saturated heterocycles. The van der Waals surface area contributed by atoms with E-state index in [4.69, 9.17) is 4.74 Å². The molecule has 0 spiro atoms. The highest BCUT2D eigenvalue weighted by atomic mass is 19.4. The van der Waals surface area contributed by atoms with Gasteiger partial charge in [-0.15, -0.1) is 0 Å². The fourth-order valence-corrected chi connectivity index (χ4v) is 5.32. The van der Waals surface area contributed by atoms with Crippen molar-refractivity contribution in [1.29, 1.82) is 0 Å². The lowest BCUT2D eigenvalue weighted by Crippen LogP contribution is -2.60. The number of hydrogen-bond acceptors (Lipinski definition) is 4. The first-order chi connectivity index (χ1) is 11.9. The third-order valence-electron chi connectivity index (χ3n) is 6.55. The van der Waals surface area contributed by atoms with E-state index in [1.54, 1.807) is 0 Å². The van der Waals surface area contributed by atoms with Crippen LogP contribution in [0.3, 0.4) is 0 Å². The van der Waals surface area contributed by atoms with Crippen LogP contribution in [0, 0.1) is 22.7 Å². The van der Waals surface area contributed by atoms with E-state index >= 15 is 0 Å². The number of alkyl halides is 3. The number of ether oxygens (including phenoxy) is 2. The van der Waals surface area contributed by atoms with Crippen molar-refractivity contribution in [3.05, 3.63) is 0 Å². The van der Waals surface area contributed by atoms with Crippen molar-refractivity contribution < 1.29 is 32.2 Å². The number of esters is 2. The van der Waals surface area contributed by atoms with E-state index in [2.05, 4.69) is 4.74 Å². The Bertz CT molecular complexity index is 582. The standard InChI is InChI=1S/C19H27F3O4/c1-4-16(2,3)14(23)26-18-8-12-5-13(9-18)7-17(6-12,10-18)15(24)25-11-19(20,21)22/h12-13H,4-11H2,1-3H3. The van der Waals surface area contributed by atoms with Gasteiger partial charge >= 0.3 is 18.1 Å². The summed E-state index contributed by atoms with van der Waals surface area (Å²) in [7, 11) is 0. The molecule has 4 rings (SSSR count). The Balaban J connectivity index is 1.78. The van der Waals surface area contributed by atoms with E-state index in [0.29, 0.717) is 32.1 Å². The van der Waals surface area contributed by atoms with Crippen LogP contribution in [0.2, 0.25) is 0 Å². The summed E-state index contributed by atoms with van der Waals surface area (Å²) in [6.07, 6.45) is -0.194. The monoisotopic (exact) mass is 376 g/mol. The van der Waals surface area contributed by atoms with E-state index in [1.807, 2.05) is 20.8 Å². The van der Waals surface area contributed by atoms with Crippen LogP contribution < -0.4 is 0 Å². The van der Waals surface area contributed by atoms with Crippen molar-refractivity contribution in [1.82, 2.24) is 0 Å². The average molecular weight is 376 g/mol. The highest BCUT2D eigenvalue weighted by Gasteiger charge is 2.63. The fraction of sp³-hybridized carbons (Fsp3) is 0.895. The maximum absolute atomic E-state index is 12.6. The molecule has 0 radical (unpaired) electrons. The minimum Gasteiger partial charge on any atom is -0.459 e. The van der Waals surface area contributed by atoms with Crippen LogP contribution in [0.25, 0.3) is 0 Å². The summed E-state index contributed by atoms with van der Waals surface area (Å²) in [5.41, 5.74) is -2.29. The molecule has 0 amide bonds. The molecule has 0 N–H and O–H groups in total. The van der Waals surface area contributed by atoms with Crippen molar-refractivity contribution >= 4 is 11.9 Å². The largest absolute Gasteiger partial charge is 0.459 e. The first-order valence-corrected chi connectivity index (χ1v) is 9.36. The fourth-order valence-electron chi connectivity index (χ4n) is 5.32. The predicted molar refractivity (Wildman–Crippen MR) is 87.0 cm³/mol. The average Bonchev–Trinajstić information content (AvgIpc) is 2.50. The van der Waals surface area contributed by atoms with Crippen LogP contribution in [0.1, 0.15) is 65.7 Å². The summed E-state index contributed by atoms with van der Waals surface area (Å²) in [6, 6.07) is 0. The summed E-state index contributed by atoms with van der Waals surface area (Å²) >= 11 is 0. The van der Waals surface area contributed by atoms with Gasteiger partial charge in [0.25, 0.3) is 0 Å². The van der Waals surface area contributed by atoms with Crippen molar-refractivity contribution in [3.63, 3.8) is 0 Å². The Morgan fingerprint density at radius 3 is 2.15 bits per heavy atom. The molecule has 0 aromatic heterocycles. The first-order valence-electron chi connectivity index (χ1n) is 9.36. The second kappa shape index (κ2) is 6.13. The summed E-state index contributed by atoms with van der Waals surface area (Å²) in [5.74, 6) is -0.667. The Labute approximate surface area is 151 Å². The molecule has 0 heterocycles. The third-order valence-corrected chi connectivity index (χ3v) is 6.55. The maximum atomic E-state index is 12.6. The Kier molecular flexibility index (Phi) is 4.59. The van der Waals surface area contributed by atoms with Crippen molar-refractivity contribution in [2.75, 3.05) is 6.61 Å². The second-order valence-electron chi connectivity index (χ2n) is 9.24. The van der Waals surface area contributed by atoms with E-state index < -0.39 is 35.2 Å². The third kappa shape index (κ3) is 3.58. The molecule has 0 aromatic carbocycles. The van der Waals surface area contributed by atoms with Gasteiger partial charge in [-0.25, -0.2) is 0 Å². The molecule has 4 saturated carbocycles. The lowest BCUT2D eigenvalue weighted by atomic mass is 9.48. The molecule has 4 aliphatic carbocycles. The molecule has 4 aliphatic rings. The number of rotatable bonds is 5. The molecule has 2 unspecified atom stereocenters. The molecule has 0 aromatic rings. The second-order valence-corrected chi connectivity index (χ2v) is 9.24. The van der Waals surface area contributed by atoms with Gasteiger partial charge in [0.2, 0.25) is 0 Å². The summed E-state index contributed by atoms with van der Waals surface area (Å²) < 4.78 is 48.0. The highest BCUT2D eigenvalue weighted by molar-refractivity contribution is 5.79. The van der Waals surface area contributed by atoms with Gasteiger partial charge in [-0.3, -0.25) is 9.59 Å². The summed E-state index contributed by atoms with van der Waals surface area (Å²) in [6.45, 7) is 4.00. The lowest BCUT2D eigenvalue weighted by molar-refractivity contribution is -0.226. The van der Waals surface area contributed by atoms with Crippen LogP contribution in [0.15, 0.2) is 0 Å². The molecule has 2 atom stereocenters. The van der Waals surface area contributed by atoms with Crippen LogP contribution in [0.4, 0.5) is 13.2 Å². The molecule has 4 nitrogen and oxygen atoms in total. The van der Waals surface area contributed by atoms with Gasteiger partial charge in [-0.2, -0.15) is 13.2 Å². The van der Waals surface area contributed by atoms with Gasteiger partial charge in [0.1, 0.15) is 5.60 Å². The van der Waals surface area contributed by atoms with Crippen molar-refractivity contribution in [3.8, 4) is 0 Å². The van der Waals surface area contributed by atoms with E-state index in [-0.39, 0.29) is 24.2 Å². The van der Waals surface area contributed by atoms with Crippen LogP contribution in [0.5, 0.6) is 0 Å². The van der Waals surface area contributed by atoms with Crippen molar-refractivity contribution in [2.24, 2.45) is 22.7 Å². The van der Waals surface area contributed by atoms with Gasteiger partial charge in [-0.05, 0) is 64.2 Å². The highest BCUT2D eigenvalue weighted by Crippen LogP contribution is 2.63. The van der Waals surface area contributed by atoms with Crippen LogP contribution in [-0.2, 0) is 19.1 Å². The smallest absolute Gasteiger partial charge is 0.422 e. The minimum atomic E-state index is -4.53. The van der Waals surface area contributed by atoms with Crippen LogP contribution >= 0.6 is 0 Å². The van der Waals surface area contributed by atoms with Gasteiger partial charge in [0, 0.05) is 6.42 Å². The normalized spacial score (nSPS) is 36.1. The number of carbonyl (C=O) groups excluding carboxylic acids is 2. The number of hydrogen-bond donors (Lipinski definition) is 0. The maximum Gasteiger partial charge on any atom is 0.422 e. The van der Waals surface area contributed by atoms with Gasteiger partial charge in [0.15, 0.2) is 6.61 Å². The van der Waals surface area contributed by atoms with Crippen LogP contribution in [-0.4, -0.2) is 30.3 Å². The molecular weight excluding hydrogens is 349 g/mol. The molecular formula is C19H27F3O4. The quantitative estimate of drug-likeness (QED) is 0.667. The molecule has 7 heteroatoms. The van der Waals surface area contributed by atoms with E-state index in [9.17, 15) is 22.8 Å². The van der Waals surface area contributed by atoms with Gasteiger partial charge in [0.05, 0.1) is 10.8 Å². The molecule has 148 valence electrons. The molecule has 0 aliphatic heterocycles. The minimum absolute atomic E-state index is 0.201. The Morgan fingerprint density at radius 1 is 1.08 bits per heavy atom. The Morgan fingerprint density at radius 2 is 1.65 bits per heavy atom. The number of carbonyl (C=O) groups is 2. The molecule has 4 bridgehead atoms. The first kappa shape index (κ1) is 19.5. The van der Waals surface area contributed by atoms with Gasteiger partial charge < -0.3 is 9.47 Å². The molecule has 4 fully saturated rings. The van der Waals surface area contributed by atoms with E-state index in [1.165, 1.54) is 0 Å². The summed E-state index contributed by atoms with van der Waals surface area (Å²) in [4.78, 5) is 25.2. The zero-order valence-corrected chi connectivity index (χ0v) is 15.6. The van der Waals surface area contributed by atoms with Gasteiger partial charge in [-0.1, -0.05) is 6.92 Å². The van der Waals surface area contributed by atoms with E-state index in [0.717, 1.165) is 6.42 Å². The Hall–Kier alpha value is -1.27. The SMILES string of the molecule is CCC(C)(C)C(=O)OC12CC3CC(C1)CC(C(=O)OCC(F)(F)F)(C3)C2. The van der Waals surface area contributed by atoms with Crippen molar-refractivity contribution in [2.45, 2.75) is 77.5 Å². The predicted octanol–water partition coefficient (Wildman–Crippen LogP) is 4.41. The lowest BCUT2D eigenvalue weighted by Gasteiger charge is -2.60.